The van der Waals surface area contributed by atoms with Crippen LogP contribution < -0.4 is 0 Å². The minimum Gasteiger partial charge on any atom is -0.458 e. The molecule has 0 bridgehead atoms. The van der Waals surface area contributed by atoms with Gasteiger partial charge in [-0.2, -0.15) is 0 Å². The monoisotopic (exact) mass is 231 g/mol. The first kappa shape index (κ1) is 11.0. The van der Waals surface area contributed by atoms with Gasteiger partial charge < -0.3 is 4.74 Å². The predicted octanol–water partition coefficient (Wildman–Crippen LogP) is 2.73. The summed E-state index contributed by atoms with van der Waals surface area (Å²) in [6.45, 7) is 3.57. The average molecular weight is 232 g/mol. The van der Waals surface area contributed by atoms with Gasteiger partial charge in [0.2, 0.25) is 0 Å². The van der Waals surface area contributed by atoms with E-state index in [4.69, 9.17) is 27.9 Å². The van der Waals surface area contributed by atoms with Crippen LogP contribution in [0.15, 0.2) is 24.8 Å². The van der Waals surface area contributed by atoms with Gasteiger partial charge in [-0.1, -0.05) is 35.9 Å². The first-order valence-corrected chi connectivity index (χ1v) is 4.50. The topological polar surface area (TPSA) is 39.2 Å². The van der Waals surface area contributed by atoms with Crippen molar-refractivity contribution in [3.63, 3.8) is 0 Å². The maximum absolute atomic E-state index is 11.3. The maximum Gasteiger partial charge on any atom is 0.338 e. The van der Waals surface area contributed by atoms with E-state index in [0.717, 1.165) is 0 Å². The summed E-state index contributed by atoms with van der Waals surface area (Å²) >= 11 is 11.2. The summed E-state index contributed by atoms with van der Waals surface area (Å²) in [4.78, 5) is 15.0. The Bertz CT molecular complexity index is 346. The molecule has 0 saturated heterocycles. The zero-order valence-electron chi connectivity index (χ0n) is 7.17. The van der Waals surface area contributed by atoms with Crippen LogP contribution in [0, 0.1) is 0 Å². The molecule has 0 fully saturated rings. The van der Waals surface area contributed by atoms with Crippen molar-refractivity contribution >= 4 is 29.2 Å². The van der Waals surface area contributed by atoms with Crippen molar-refractivity contribution < 1.29 is 9.53 Å². The van der Waals surface area contributed by atoms with Gasteiger partial charge in [0.25, 0.3) is 0 Å². The van der Waals surface area contributed by atoms with Crippen molar-refractivity contribution in [2.45, 2.75) is 0 Å². The Morgan fingerprint density at radius 1 is 1.50 bits per heavy atom. The zero-order valence-corrected chi connectivity index (χ0v) is 8.68. The van der Waals surface area contributed by atoms with Gasteiger partial charge >= 0.3 is 5.97 Å². The maximum atomic E-state index is 11.3. The van der Waals surface area contributed by atoms with E-state index in [2.05, 4.69) is 11.6 Å². The van der Waals surface area contributed by atoms with Crippen molar-refractivity contribution in [1.29, 1.82) is 0 Å². The van der Waals surface area contributed by atoms with Gasteiger partial charge in [0.05, 0.1) is 5.56 Å². The van der Waals surface area contributed by atoms with Gasteiger partial charge in [0, 0.05) is 0 Å². The fourth-order valence-electron chi connectivity index (χ4n) is 0.801. The van der Waals surface area contributed by atoms with Crippen LogP contribution in [0.1, 0.15) is 10.4 Å². The summed E-state index contributed by atoms with van der Waals surface area (Å²) in [5, 5.41) is 0.311. The highest BCUT2D eigenvalue weighted by Gasteiger charge is 2.08. The van der Waals surface area contributed by atoms with Crippen LogP contribution in [0.25, 0.3) is 0 Å². The molecule has 1 aromatic heterocycles. The summed E-state index contributed by atoms with van der Waals surface area (Å²) < 4.78 is 4.79. The van der Waals surface area contributed by atoms with Crippen molar-refractivity contribution in [3.8, 4) is 0 Å². The van der Waals surface area contributed by atoms with E-state index in [0.29, 0.717) is 0 Å². The Morgan fingerprint density at radius 3 is 2.57 bits per heavy atom. The fourth-order valence-corrected chi connectivity index (χ4v) is 1.26. The Labute approximate surface area is 91.3 Å². The number of nitrogens with zero attached hydrogens (tertiary/aromatic N) is 1. The third-order valence-corrected chi connectivity index (χ3v) is 1.72. The number of carbonyl (C=O) groups is 1. The average Bonchev–Trinajstić information content (AvgIpc) is 2.12. The first-order valence-electron chi connectivity index (χ1n) is 3.74. The second-order valence-electron chi connectivity index (χ2n) is 2.39. The summed E-state index contributed by atoms with van der Waals surface area (Å²) in [6, 6.07) is 2.78. The number of ether oxygens (including phenoxy) is 1. The largest absolute Gasteiger partial charge is 0.458 e. The van der Waals surface area contributed by atoms with E-state index < -0.39 is 5.97 Å². The molecule has 0 aromatic carbocycles. The molecule has 14 heavy (non-hydrogen) atoms. The molecule has 0 N–H and O–H groups in total. The van der Waals surface area contributed by atoms with Gasteiger partial charge in [0.15, 0.2) is 0 Å². The van der Waals surface area contributed by atoms with Gasteiger partial charge in [0.1, 0.15) is 16.9 Å². The molecule has 0 amide bonds. The zero-order chi connectivity index (χ0) is 10.6. The van der Waals surface area contributed by atoms with Crippen LogP contribution in [0.4, 0.5) is 0 Å². The first-order chi connectivity index (χ1) is 6.63. The number of hydrogen-bond donors (Lipinski definition) is 0. The van der Waals surface area contributed by atoms with Crippen molar-refractivity contribution in [2.24, 2.45) is 0 Å². The number of aromatic nitrogens is 1. The quantitative estimate of drug-likeness (QED) is 0.457. The lowest BCUT2D eigenvalue weighted by atomic mass is 10.3. The smallest absolute Gasteiger partial charge is 0.338 e. The molecule has 0 aliphatic rings. The molecule has 74 valence electrons. The molecular formula is C9H7Cl2NO2. The van der Waals surface area contributed by atoms with E-state index in [1.54, 1.807) is 0 Å². The van der Waals surface area contributed by atoms with Gasteiger partial charge in [-0.25, -0.2) is 9.78 Å². The number of hydrogen-bond acceptors (Lipinski definition) is 3. The molecule has 3 nitrogen and oxygen atoms in total. The molecule has 0 spiro atoms. The van der Waals surface area contributed by atoms with Crippen LogP contribution >= 0.6 is 23.2 Å². The fraction of sp³-hybridized carbons (Fsp3) is 0.111. The van der Waals surface area contributed by atoms with Crippen molar-refractivity contribution in [2.75, 3.05) is 6.61 Å². The number of pyridine rings is 1. The summed E-state index contributed by atoms with van der Waals surface area (Å²) in [6.07, 6.45) is 1.47. The number of esters is 1. The van der Waals surface area contributed by atoms with E-state index in [1.165, 1.54) is 18.2 Å². The van der Waals surface area contributed by atoms with E-state index >= 15 is 0 Å². The summed E-state index contributed by atoms with van der Waals surface area (Å²) in [5.74, 6) is -0.504. The SMILES string of the molecule is C=CCOC(=O)c1cc(Cl)nc(Cl)c1. The van der Waals surface area contributed by atoms with Crippen LogP contribution in [-0.2, 0) is 4.74 Å². The Morgan fingerprint density at radius 2 is 2.07 bits per heavy atom. The van der Waals surface area contributed by atoms with Crippen molar-refractivity contribution in [3.05, 3.63) is 40.7 Å². The third-order valence-electron chi connectivity index (χ3n) is 1.33. The van der Waals surface area contributed by atoms with Gasteiger partial charge in [-0.15, -0.1) is 0 Å². The molecule has 1 rings (SSSR count). The van der Waals surface area contributed by atoms with Crippen molar-refractivity contribution in [1.82, 2.24) is 4.98 Å². The lowest BCUT2D eigenvalue weighted by Crippen LogP contribution is -2.05. The second-order valence-corrected chi connectivity index (χ2v) is 3.16. The highest BCUT2D eigenvalue weighted by molar-refractivity contribution is 6.32. The van der Waals surface area contributed by atoms with E-state index in [9.17, 15) is 4.79 Å². The number of halogens is 2. The van der Waals surface area contributed by atoms with E-state index in [-0.39, 0.29) is 22.5 Å². The molecule has 0 atom stereocenters. The molecule has 1 heterocycles. The lowest BCUT2D eigenvalue weighted by molar-refractivity contribution is 0.0549. The third kappa shape index (κ3) is 3.01. The van der Waals surface area contributed by atoms with Gasteiger partial charge in [-0.05, 0) is 12.1 Å². The Balaban J connectivity index is 2.84. The molecule has 0 unspecified atom stereocenters. The minimum absolute atomic E-state index is 0.149. The van der Waals surface area contributed by atoms with Crippen LogP contribution in [0.5, 0.6) is 0 Å². The normalized spacial score (nSPS) is 9.57. The Kier molecular flexibility index (Phi) is 3.92. The molecule has 5 heteroatoms. The molecular weight excluding hydrogens is 225 g/mol. The minimum atomic E-state index is -0.504. The second kappa shape index (κ2) is 4.98. The number of carbonyl (C=O) groups excluding carboxylic acids is 1. The number of rotatable bonds is 3. The highest BCUT2D eigenvalue weighted by atomic mass is 35.5. The van der Waals surface area contributed by atoms with Crippen LogP contribution in [0.3, 0.4) is 0 Å². The lowest BCUT2D eigenvalue weighted by Gasteiger charge is -2.02. The molecule has 0 saturated carbocycles. The molecule has 0 aliphatic heterocycles. The molecule has 1 aromatic rings. The summed E-state index contributed by atoms with van der Waals surface area (Å²) in [7, 11) is 0. The van der Waals surface area contributed by atoms with E-state index in [1.807, 2.05) is 0 Å². The Hall–Kier alpha value is -1.06. The van der Waals surface area contributed by atoms with Crippen LogP contribution in [0.2, 0.25) is 10.3 Å². The van der Waals surface area contributed by atoms with Gasteiger partial charge in [-0.3, -0.25) is 0 Å². The van der Waals surface area contributed by atoms with Crippen LogP contribution in [-0.4, -0.2) is 17.6 Å². The molecule has 0 aliphatic carbocycles. The summed E-state index contributed by atoms with van der Waals surface area (Å²) in [5.41, 5.74) is 0.275. The molecule has 0 radical (unpaired) electrons. The predicted molar refractivity (Wildman–Crippen MR) is 54.7 cm³/mol. The standard InChI is InChI=1S/C9H7Cl2NO2/c1-2-3-14-9(13)6-4-7(10)12-8(11)5-6/h2,4-5H,1,3H2. The highest BCUT2D eigenvalue weighted by Crippen LogP contribution is 2.15.